The highest BCUT2D eigenvalue weighted by Gasteiger charge is 2.06. The second kappa shape index (κ2) is 8.62. The number of nitrogens with one attached hydrogen (secondary N) is 2. The molecule has 28 heavy (non-hydrogen) atoms. The Morgan fingerprint density at radius 1 is 1.21 bits per heavy atom. The Kier molecular flexibility index (Phi) is 6.00. The van der Waals surface area contributed by atoms with Gasteiger partial charge in [-0.25, -0.2) is 4.99 Å². The van der Waals surface area contributed by atoms with Gasteiger partial charge in [-0.05, 0) is 50.3 Å². The van der Waals surface area contributed by atoms with E-state index in [-0.39, 0.29) is 11.0 Å². The van der Waals surface area contributed by atoms with Crippen LogP contribution in [-0.4, -0.2) is 31.5 Å². The number of pyridine rings is 1. The van der Waals surface area contributed by atoms with Crippen molar-refractivity contribution in [3.05, 3.63) is 55.0 Å². The van der Waals surface area contributed by atoms with E-state index in [1.54, 1.807) is 13.0 Å². The maximum atomic E-state index is 8.03. The number of hydrogen-bond donors (Lipinski definition) is 3. The van der Waals surface area contributed by atoms with Gasteiger partial charge in [0.05, 0.1) is 11.7 Å². The number of allylic oxidation sites excluding steroid dienone is 1. The van der Waals surface area contributed by atoms with Crippen molar-refractivity contribution in [2.75, 3.05) is 0 Å². The number of aliphatic imine (C=N–C) groups is 1. The lowest BCUT2D eigenvalue weighted by Gasteiger charge is -2.04. The SMILES string of the molecule is CCn1cc(-c2cnc3ccc(SC(=N)/N=C(N)/C=C\C(C)=N)cc3c2)cn1. The highest BCUT2D eigenvalue weighted by molar-refractivity contribution is 8.13. The topological polar surface area (TPSA) is 117 Å². The van der Waals surface area contributed by atoms with E-state index in [9.17, 15) is 0 Å². The molecule has 3 aromatic rings. The highest BCUT2D eigenvalue weighted by Crippen LogP contribution is 2.27. The zero-order chi connectivity index (χ0) is 20.1. The first-order valence-electron chi connectivity index (χ1n) is 8.71. The number of aryl methyl sites for hydroxylation is 1. The van der Waals surface area contributed by atoms with Gasteiger partial charge in [0.15, 0.2) is 5.17 Å². The van der Waals surface area contributed by atoms with Gasteiger partial charge < -0.3 is 11.1 Å². The lowest BCUT2D eigenvalue weighted by Crippen LogP contribution is -2.10. The zero-order valence-corrected chi connectivity index (χ0v) is 16.5. The third kappa shape index (κ3) is 4.92. The van der Waals surface area contributed by atoms with Gasteiger partial charge in [0, 0.05) is 46.1 Å². The van der Waals surface area contributed by atoms with Crippen molar-refractivity contribution in [3.8, 4) is 11.1 Å². The predicted octanol–water partition coefficient (Wildman–Crippen LogP) is 4.10. The number of aromatic nitrogens is 3. The number of thioether (sulfide) groups is 1. The number of rotatable bonds is 5. The van der Waals surface area contributed by atoms with Crippen molar-refractivity contribution in [3.63, 3.8) is 0 Å². The first-order chi connectivity index (χ1) is 13.4. The van der Waals surface area contributed by atoms with E-state index in [1.165, 1.54) is 17.8 Å². The molecular formula is C20H21N7S. The quantitative estimate of drug-likeness (QED) is 0.345. The molecule has 0 amide bonds. The third-order valence-corrected chi connectivity index (χ3v) is 4.67. The molecule has 0 bridgehead atoms. The number of nitrogens with zero attached hydrogens (tertiary/aromatic N) is 4. The van der Waals surface area contributed by atoms with Gasteiger partial charge in [-0.1, -0.05) is 11.8 Å². The predicted molar refractivity (Wildman–Crippen MR) is 116 cm³/mol. The average Bonchev–Trinajstić information content (AvgIpc) is 3.15. The molecule has 0 atom stereocenters. The molecule has 2 heterocycles. The number of amidine groups is 2. The Morgan fingerprint density at radius 3 is 2.75 bits per heavy atom. The molecule has 0 aliphatic rings. The zero-order valence-electron chi connectivity index (χ0n) is 15.7. The smallest absolute Gasteiger partial charge is 0.186 e. The van der Waals surface area contributed by atoms with E-state index in [0.717, 1.165) is 33.5 Å². The van der Waals surface area contributed by atoms with Crippen molar-refractivity contribution in [2.45, 2.75) is 25.3 Å². The highest BCUT2D eigenvalue weighted by atomic mass is 32.2. The summed E-state index contributed by atoms with van der Waals surface area (Å²) in [6.07, 6.45) is 8.74. The van der Waals surface area contributed by atoms with Crippen molar-refractivity contribution < 1.29 is 0 Å². The lowest BCUT2D eigenvalue weighted by molar-refractivity contribution is 0.660. The largest absolute Gasteiger partial charge is 0.384 e. The van der Waals surface area contributed by atoms with Crippen LogP contribution < -0.4 is 5.73 Å². The second-order valence-corrected chi connectivity index (χ2v) is 7.19. The lowest BCUT2D eigenvalue weighted by atomic mass is 10.1. The van der Waals surface area contributed by atoms with Gasteiger partial charge >= 0.3 is 0 Å². The van der Waals surface area contributed by atoms with Crippen LogP contribution in [0.1, 0.15) is 13.8 Å². The molecule has 0 radical (unpaired) electrons. The third-order valence-electron chi connectivity index (χ3n) is 3.89. The van der Waals surface area contributed by atoms with E-state index < -0.39 is 0 Å². The monoisotopic (exact) mass is 391 g/mol. The summed E-state index contributed by atoms with van der Waals surface area (Å²) in [6.45, 7) is 4.52. The molecule has 0 unspecified atom stereocenters. The van der Waals surface area contributed by atoms with E-state index in [0.29, 0.717) is 5.71 Å². The van der Waals surface area contributed by atoms with Crippen LogP contribution in [0.3, 0.4) is 0 Å². The number of nitrogens with two attached hydrogens (primary N) is 1. The van der Waals surface area contributed by atoms with Gasteiger partial charge in [0.1, 0.15) is 5.84 Å². The van der Waals surface area contributed by atoms with Crippen molar-refractivity contribution >= 4 is 39.4 Å². The van der Waals surface area contributed by atoms with Gasteiger partial charge in [-0.3, -0.25) is 15.1 Å². The van der Waals surface area contributed by atoms with Crippen molar-refractivity contribution in [2.24, 2.45) is 10.7 Å². The van der Waals surface area contributed by atoms with E-state index in [4.69, 9.17) is 16.6 Å². The Labute approximate surface area is 167 Å². The molecule has 142 valence electrons. The molecular weight excluding hydrogens is 370 g/mol. The van der Waals surface area contributed by atoms with Gasteiger partial charge in [-0.15, -0.1) is 0 Å². The molecule has 1 aromatic carbocycles. The molecule has 0 saturated carbocycles. The minimum atomic E-state index is 0.0810. The number of hydrogen-bond acceptors (Lipinski definition) is 5. The maximum Gasteiger partial charge on any atom is 0.186 e. The molecule has 0 fully saturated rings. The summed E-state index contributed by atoms with van der Waals surface area (Å²) in [5, 5.41) is 20.8. The molecule has 0 aliphatic carbocycles. The minimum Gasteiger partial charge on any atom is -0.384 e. The normalized spacial score (nSPS) is 12.0. The summed E-state index contributed by atoms with van der Waals surface area (Å²) in [5.41, 5.74) is 9.04. The Hall–Kier alpha value is -3.26. The van der Waals surface area contributed by atoms with Crippen LogP contribution in [0.25, 0.3) is 22.0 Å². The first-order valence-corrected chi connectivity index (χ1v) is 9.52. The Balaban J connectivity index is 1.81. The number of fused-ring (bicyclic) bond motifs is 1. The number of benzene rings is 1. The molecule has 0 aliphatic heterocycles. The molecule has 0 spiro atoms. The summed E-state index contributed by atoms with van der Waals surface area (Å²) >= 11 is 1.21. The van der Waals surface area contributed by atoms with Gasteiger partial charge in [0.25, 0.3) is 0 Å². The van der Waals surface area contributed by atoms with E-state index in [1.807, 2.05) is 48.4 Å². The summed E-state index contributed by atoms with van der Waals surface area (Å²) < 4.78 is 1.88. The van der Waals surface area contributed by atoms with Crippen LogP contribution in [0.5, 0.6) is 0 Å². The van der Waals surface area contributed by atoms with Crippen LogP contribution in [-0.2, 0) is 6.54 Å². The standard InChI is InChI=1S/C20H21N7S/c1-3-27-12-16(11-25-27)15-8-14-9-17(5-6-18(14)24-10-15)28-20(23)26-19(22)7-4-13(2)21/h4-12,21H,3H2,1-2H3,(H3,22,23,26)/b7-4-,21-13?. The Bertz CT molecular complexity index is 1090. The Morgan fingerprint density at radius 2 is 2.04 bits per heavy atom. The summed E-state index contributed by atoms with van der Waals surface area (Å²) in [7, 11) is 0. The van der Waals surface area contributed by atoms with Crippen LogP contribution in [0.2, 0.25) is 0 Å². The van der Waals surface area contributed by atoms with Crippen molar-refractivity contribution in [1.82, 2.24) is 14.8 Å². The minimum absolute atomic E-state index is 0.0810. The fourth-order valence-corrected chi connectivity index (χ4v) is 3.21. The van der Waals surface area contributed by atoms with Gasteiger partial charge in [-0.2, -0.15) is 5.10 Å². The molecule has 7 nitrogen and oxygen atoms in total. The van der Waals surface area contributed by atoms with E-state index in [2.05, 4.69) is 21.1 Å². The fraction of sp³-hybridized carbons (Fsp3) is 0.150. The summed E-state index contributed by atoms with van der Waals surface area (Å²) in [6, 6.07) is 7.89. The second-order valence-electron chi connectivity index (χ2n) is 6.12. The summed E-state index contributed by atoms with van der Waals surface area (Å²) in [4.78, 5) is 9.44. The molecule has 0 saturated heterocycles. The summed E-state index contributed by atoms with van der Waals surface area (Å²) in [5.74, 6) is 0.196. The van der Waals surface area contributed by atoms with Crippen LogP contribution in [0.15, 0.2) is 64.9 Å². The molecule has 8 heteroatoms. The maximum absolute atomic E-state index is 8.03. The van der Waals surface area contributed by atoms with Gasteiger partial charge in [0.2, 0.25) is 0 Å². The first kappa shape index (κ1) is 19.5. The van der Waals surface area contributed by atoms with Crippen LogP contribution in [0.4, 0.5) is 0 Å². The average molecular weight is 392 g/mol. The van der Waals surface area contributed by atoms with Crippen LogP contribution >= 0.6 is 11.8 Å². The van der Waals surface area contributed by atoms with Crippen molar-refractivity contribution in [1.29, 1.82) is 10.8 Å². The fourth-order valence-electron chi connectivity index (χ4n) is 2.52. The van der Waals surface area contributed by atoms with E-state index >= 15 is 0 Å². The molecule has 3 rings (SSSR count). The molecule has 2 aromatic heterocycles. The van der Waals surface area contributed by atoms with Crippen LogP contribution in [0, 0.1) is 10.8 Å². The molecule has 4 N–H and O–H groups in total.